The lowest BCUT2D eigenvalue weighted by Crippen LogP contribution is -2.27. The van der Waals surface area contributed by atoms with Gasteiger partial charge < -0.3 is 9.80 Å². The topological polar surface area (TPSA) is 6.48 Å². The van der Waals surface area contributed by atoms with Gasteiger partial charge in [-0.2, -0.15) is 0 Å². The van der Waals surface area contributed by atoms with Crippen molar-refractivity contribution in [2.45, 2.75) is 19.9 Å². The van der Waals surface area contributed by atoms with Crippen molar-refractivity contribution in [3.63, 3.8) is 0 Å². The summed E-state index contributed by atoms with van der Waals surface area (Å²) < 4.78 is 0. The van der Waals surface area contributed by atoms with Crippen LogP contribution in [0.15, 0.2) is 77.0 Å². The molecule has 0 saturated carbocycles. The first-order valence-electron chi connectivity index (χ1n) is 8.81. The van der Waals surface area contributed by atoms with E-state index in [1.165, 1.54) is 21.9 Å². The summed E-state index contributed by atoms with van der Waals surface area (Å²) in [4.78, 5) is 4.24. The molecule has 2 nitrogen and oxygen atoms in total. The lowest BCUT2D eigenvalue weighted by Gasteiger charge is -2.26. The van der Waals surface area contributed by atoms with E-state index < -0.39 is 0 Å². The molecule has 0 fully saturated rings. The molecule has 0 amide bonds. The smallest absolute Gasteiger partial charge is 0.146 e. The average molecular weight is 383 g/mol. The van der Waals surface area contributed by atoms with Gasteiger partial charge in [-0.05, 0) is 22.9 Å². The van der Waals surface area contributed by atoms with Gasteiger partial charge >= 0.3 is 0 Å². The van der Waals surface area contributed by atoms with Crippen molar-refractivity contribution < 1.29 is 0 Å². The van der Waals surface area contributed by atoms with Crippen molar-refractivity contribution in [1.29, 1.82) is 0 Å². The first-order chi connectivity index (χ1) is 12.7. The van der Waals surface area contributed by atoms with Crippen molar-refractivity contribution >= 4 is 39.7 Å². The number of hydrogen-bond donors (Lipinski definition) is 0. The fourth-order valence-corrected chi connectivity index (χ4v) is 4.01. The average Bonchev–Trinajstić information content (AvgIpc) is 2.96. The number of anilines is 1. The minimum absolute atomic E-state index is 0.591. The van der Waals surface area contributed by atoms with E-state index in [0.29, 0.717) is 17.0 Å². The van der Waals surface area contributed by atoms with Crippen LogP contribution in [0, 0.1) is 0 Å². The largest absolute Gasteiger partial charge is 0.337 e. The van der Waals surface area contributed by atoms with Gasteiger partial charge in [0, 0.05) is 11.9 Å². The minimum atomic E-state index is 0.591. The molecule has 0 bridgehead atoms. The third-order valence-electron chi connectivity index (χ3n) is 4.85. The van der Waals surface area contributed by atoms with Crippen molar-refractivity contribution in [1.82, 2.24) is 4.90 Å². The second kappa shape index (κ2) is 7.22. The van der Waals surface area contributed by atoms with Crippen LogP contribution in [0.2, 0.25) is 0 Å². The quantitative estimate of drug-likeness (QED) is 0.489. The first kappa shape index (κ1) is 17.3. The van der Waals surface area contributed by atoms with Gasteiger partial charge in [0.25, 0.3) is 0 Å². The highest BCUT2D eigenvalue weighted by Crippen LogP contribution is 2.40. The highest BCUT2D eigenvalue weighted by Gasteiger charge is 2.30. The lowest BCUT2D eigenvalue weighted by atomic mass is 10.0. The van der Waals surface area contributed by atoms with Gasteiger partial charge in [0.05, 0.1) is 12.4 Å². The van der Waals surface area contributed by atoms with E-state index in [-0.39, 0.29) is 0 Å². The minimum Gasteiger partial charge on any atom is -0.337 e. The Kier molecular flexibility index (Phi) is 4.80. The van der Waals surface area contributed by atoms with E-state index in [9.17, 15) is 0 Å². The Hall–Kier alpha value is -2.16. The molecule has 3 aromatic carbocycles. The van der Waals surface area contributed by atoms with E-state index in [4.69, 9.17) is 23.2 Å². The Bertz CT molecular complexity index is 966. The van der Waals surface area contributed by atoms with Crippen LogP contribution in [0.3, 0.4) is 0 Å². The summed E-state index contributed by atoms with van der Waals surface area (Å²) in [7, 11) is 0. The fraction of sp³-hybridized carbons (Fsp3) is 0.182. The molecule has 4 rings (SSSR count). The fourth-order valence-electron chi connectivity index (χ4n) is 3.53. The molecule has 1 aliphatic rings. The Morgan fingerprint density at radius 3 is 2.35 bits per heavy atom. The third kappa shape index (κ3) is 3.04. The van der Waals surface area contributed by atoms with Crippen molar-refractivity contribution in [3.8, 4) is 0 Å². The van der Waals surface area contributed by atoms with E-state index in [1.807, 2.05) is 18.2 Å². The molecule has 0 N–H and O–H groups in total. The van der Waals surface area contributed by atoms with Crippen LogP contribution in [-0.2, 0) is 13.0 Å². The van der Waals surface area contributed by atoms with Crippen LogP contribution in [0.1, 0.15) is 18.1 Å². The van der Waals surface area contributed by atoms with Crippen molar-refractivity contribution in [2.75, 3.05) is 11.6 Å². The second-order valence-electron chi connectivity index (χ2n) is 6.48. The van der Waals surface area contributed by atoms with Crippen LogP contribution in [-0.4, -0.2) is 11.6 Å². The Morgan fingerprint density at radius 1 is 0.846 bits per heavy atom. The van der Waals surface area contributed by atoms with Crippen LogP contribution in [0.4, 0.5) is 5.69 Å². The van der Waals surface area contributed by atoms with Gasteiger partial charge in [-0.25, -0.2) is 0 Å². The molecule has 0 radical (unpaired) electrons. The number of rotatable bonds is 4. The number of aryl methyl sites for hydroxylation is 1. The zero-order valence-corrected chi connectivity index (χ0v) is 16.1. The predicted octanol–water partition coefficient (Wildman–Crippen LogP) is 6.29. The van der Waals surface area contributed by atoms with Crippen molar-refractivity contribution in [2.24, 2.45) is 0 Å². The van der Waals surface area contributed by atoms with Crippen LogP contribution >= 0.6 is 23.2 Å². The molecule has 132 valence electrons. The first-order valence-corrected chi connectivity index (χ1v) is 9.57. The molecule has 0 spiro atoms. The standard InChI is InChI=1S/C22H20Cl2N2/c1-2-17-12-13-18-10-6-7-11-19(18)20(17)26-15-25(21(23)22(26)24)14-16-8-4-3-5-9-16/h3-13H,2,14-15H2,1H3. The van der Waals surface area contributed by atoms with Gasteiger partial charge in [-0.1, -0.05) is 96.9 Å². The highest BCUT2D eigenvalue weighted by molar-refractivity contribution is 6.40. The Labute approximate surface area is 164 Å². The van der Waals surface area contributed by atoms with Crippen molar-refractivity contribution in [3.05, 3.63) is 88.2 Å². The molecule has 3 aromatic rings. The summed E-state index contributed by atoms with van der Waals surface area (Å²) in [5, 5.41) is 3.61. The maximum atomic E-state index is 6.69. The number of fused-ring (bicyclic) bond motifs is 1. The van der Waals surface area contributed by atoms with E-state index in [0.717, 1.165) is 18.7 Å². The highest BCUT2D eigenvalue weighted by atomic mass is 35.5. The Morgan fingerprint density at radius 2 is 1.58 bits per heavy atom. The van der Waals surface area contributed by atoms with Crippen LogP contribution < -0.4 is 4.90 Å². The summed E-state index contributed by atoms with van der Waals surface area (Å²) in [5.74, 6) is 0. The lowest BCUT2D eigenvalue weighted by molar-refractivity contribution is 0.390. The van der Waals surface area contributed by atoms with E-state index in [2.05, 4.69) is 65.3 Å². The number of hydrogen-bond acceptors (Lipinski definition) is 2. The van der Waals surface area contributed by atoms with Gasteiger partial charge in [-0.3, -0.25) is 0 Å². The number of halogens is 2. The molecular weight excluding hydrogens is 363 g/mol. The molecular formula is C22H20Cl2N2. The maximum Gasteiger partial charge on any atom is 0.146 e. The zero-order valence-electron chi connectivity index (χ0n) is 14.6. The summed E-state index contributed by atoms with van der Waals surface area (Å²) in [6.07, 6.45) is 0.942. The zero-order chi connectivity index (χ0) is 18.1. The summed E-state index contributed by atoms with van der Waals surface area (Å²) >= 11 is 13.3. The second-order valence-corrected chi connectivity index (χ2v) is 7.20. The predicted molar refractivity (Wildman–Crippen MR) is 111 cm³/mol. The van der Waals surface area contributed by atoms with Gasteiger partial charge in [-0.15, -0.1) is 0 Å². The molecule has 0 aliphatic carbocycles. The maximum absolute atomic E-state index is 6.69. The van der Waals surface area contributed by atoms with E-state index in [1.54, 1.807) is 0 Å². The van der Waals surface area contributed by atoms with Crippen LogP contribution in [0.5, 0.6) is 0 Å². The molecule has 1 aliphatic heterocycles. The van der Waals surface area contributed by atoms with Crippen LogP contribution in [0.25, 0.3) is 10.8 Å². The molecule has 26 heavy (non-hydrogen) atoms. The van der Waals surface area contributed by atoms with E-state index >= 15 is 0 Å². The van der Waals surface area contributed by atoms with Gasteiger partial charge in [0.15, 0.2) is 0 Å². The molecule has 0 saturated heterocycles. The number of nitrogens with zero attached hydrogens (tertiary/aromatic N) is 2. The SMILES string of the molecule is CCc1ccc2ccccc2c1N1CN(Cc2ccccc2)C(Cl)=C1Cl. The molecule has 0 unspecified atom stereocenters. The molecule has 0 aromatic heterocycles. The summed E-state index contributed by atoms with van der Waals surface area (Å²) in [5.41, 5.74) is 3.64. The summed E-state index contributed by atoms with van der Waals surface area (Å²) in [6, 6.07) is 23.1. The third-order valence-corrected chi connectivity index (χ3v) is 5.75. The van der Waals surface area contributed by atoms with Gasteiger partial charge in [0.2, 0.25) is 0 Å². The molecule has 4 heteroatoms. The molecule has 1 heterocycles. The summed E-state index contributed by atoms with van der Waals surface area (Å²) in [6.45, 7) is 3.55. The normalized spacial score (nSPS) is 14.6. The monoisotopic (exact) mass is 382 g/mol. The Balaban J connectivity index is 1.74. The van der Waals surface area contributed by atoms with Gasteiger partial charge in [0.1, 0.15) is 10.3 Å². The number of benzene rings is 3. The molecule has 0 atom stereocenters.